The van der Waals surface area contributed by atoms with Crippen LogP contribution in [0.4, 0.5) is 0 Å². The average Bonchev–Trinajstić information content (AvgIpc) is 3.60. The third-order valence-electron chi connectivity index (χ3n) is 6.21. The van der Waals surface area contributed by atoms with Crippen molar-refractivity contribution in [1.29, 1.82) is 0 Å². The van der Waals surface area contributed by atoms with Crippen LogP contribution >= 0.6 is 0 Å². The smallest absolute Gasteiger partial charge is 0.337 e. The molecule has 3 aromatic heterocycles. The summed E-state index contributed by atoms with van der Waals surface area (Å²) in [5.74, 6) is 1.65. The predicted molar refractivity (Wildman–Crippen MR) is 135 cm³/mol. The monoisotopic (exact) mass is 485 g/mol. The Morgan fingerprint density at radius 2 is 1.78 bits per heavy atom. The van der Waals surface area contributed by atoms with Crippen LogP contribution in [0.5, 0.6) is 5.75 Å². The van der Waals surface area contributed by atoms with Crippen LogP contribution in [0.1, 0.15) is 28.5 Å². The van der Waals surface area contributed by atoms with Crippen molar-refractivity contribution in [2.24, 2.45) is 7.05 Å². The number of fused-ring (bicyclic) bond motifs is 1. The zero-order valence-corrected chi connectivity index (χ0v) is 20.9. The molecule has 0 atom stereocenters. The van der Waals surface area contributed by atoms with E-state index in [4.69, 9.17) is 9.47 Å². The number of carbonyl (C=O) groups is 1. The van der Waals surface area contributed by atoms with E-state index in [0.29, 0.717) is 30.3 Å². The van der Waals surface area contributed by atoms with E-state index in [0.717, 1.165) is 39.2 Å². The maximum absolute atomic E-state index is 12.5. The highest BCUT2D eigenvalue weighted by atomic mass is 16.5. The molecule has 0 saturated carbocycles. The molecule has 0 aliphatic heterocycles. The number of hydrogen-bond donors (Lipinski definition) is 0. The summed E-state index contributed by atoms with van der Waals surface area (Å²) < 4.78 is 16.0. The zero-order valence-electron chi connectivity index (χ0n) is 20.9. The molecule has 10 heteroatoms. The fourth-order valence-corrected chi connectivity index (χ4v) is 4.39. The van der Waals surface area contributed by atoms with E-state index < -0.39 is 5.97 Å². The first-order valence-electron chi connectivity index (χ1n) is 11.6. The van der Waals surface area contributed by atoms with Gasteiger partial charge in [-0.3, -0.25) is 9.36 Å². The van der Waals surface area contributed by atoms with E-state index in [1.807, 2.05) is 60.5 Å². The first-order valence-corrected chi connectivity index (χ1v) is 11.6. The molecule has 0 fully saturated rings. The largest absolute Gasteiger partial charge is 0.497 e. The number of rotatable bonds is 7. The van der Waals surface area contributed by atoms with Gasteiger partial charge in [0.15, 0.2) is 11.6 Å². The third kappa shape index (κ3) is 4.00. The van der Waals surface area contributed by atoms with Gasteiger partial charge in [0.05, 0.1) is 43.7 Å². The minimum absolute atomic E-state index is 0.415. The van der Waals surface area contributed by atoms with Gasteiger partial charge in [-0.25, -0.2) is 4.79 Å². The number of benzene rings is 2. The molecule has 0 spiro atoms. The first kappa shape index (κ1) is 23.3. The molecule has 36 heavy (non-hydrogen) atoms. The molecular weight excluding hydrogens is 458 g/mol. The average molecular weight is 486 g/mol. The first-order chi connectivity index (χ1) is 17.4. The fourth-order valence-electron chi connectivity index (χ4n) is 4.39. The van der Waals surface area contributed by atoms with E-state index in [2.05, 4.69) is 20.4 Å². The maximum atomic E-state index is 12.5. The molecule has 0 aliphatic carbocycles. The molecule has 0 N–H and O–H groups in total. The Morgan fingerprint density at radius 1 is 1.03 bits per heavy atom. The van der Waals surface area contributed by atoms with Crippen molar-refractivity contribution in [3.8, 4) is 28.7 Å². The lowest BCUT2D eigenvalue weighted by atomic mass is 10.0. The molecule has 5 rings (SSSR count). The lowest BCUT2D eigenvalue weighted by Crippen LogP contribution is -2.09. The Hall–Kier alpha value is -4.47. The second-order valence-corrected chi connectivity index (χ2v) is 8.48. The minimum Gasteiger partial charge on any atom is -0.497 e. The van der Waals surface area contributed by atoms with E-state index >= 15 is 0 Å². The van der Waals surface area contributed by atoms with Crippen LogP contribution in [0.3, 0.4) is 0 Å². The van der Waals surface area contributed by atoms with Gasteiger partial charge in [-0.2, -0.15) is 10.2 Å². The molecule has 0 unspecified atom stereocenters. The molecule has 0 radical (unpaired) electrons. The number of esters is 1. The molecule has 3 heterocycles. The highest BCUT2D eigenvalue weighted by molar-refractivity contribution is 6.01. The van der Waals surface area contributed by atoms with E-state index in [1.165, 1.54) is 7.11 Å². The lowest BCUT2D eigenvalue weighted by Gasteiger charge is -2.13. The summed E-state index contributed by atoms with van der Waals surface area (Å²) >= 11 is 0. The fraction of sp³-hybridized carbons (Fsp3) is 0.269. The minimum atomic E-state index is -0.430. The number of ether oxygens (including phenoxy) is 2. The number of aromatic nitrogens is 7. The number of aryl methyl sites for hydroxylation is 3. The topological polar surface area (TPSA) is 102 Å². The normalized spacial score (nSPS) is 11.2. The van der Waals surface area contributed by atoms with Gasteiger partial charge in [-0.05, 0) is 49.7 Å². The highest BCUT2D eigenvalue weighted by Crippen LogP contribution is 2.33. The van der Waals surface area contributed by atoms with Crippen molar-refractivity contribution < 1.29 is 14.3 Å². The highest BCUT2D eigenvalue weighted by Gasteiger charge is 2.23. The summed E-state index contributed by atoms with van der Waals surface area (Å²) in [5.41, 5.74) is 4.77. The Morgan fingerprint density at radius 3 is 2.47 bits per heavy atom. The van der Waals surface area contributed by atoms with E-state index in [1.54, 1.807) is 30.1 Å². The predicted octanol–water partition coefficient (Wildman–Crippen LogP) is 3.87. The number of nitrogens with zero attached hydrogens (tertiary/aromatic N) is 7. The summed E-state index contributed by atoms with van der Waals surface area (Å²) in [4.78, 5) is 12.5. The van der Waals surface area contributed by atoms with Gasteiger partial charge >= 0.3 is 5.97 Å². The molecule has 0 bridgehead atoms. The molecule has 0 saturated heterocycles. The summed E-state index contributed by atoms with van der Waals surface area (Å²) in [5, 5.41) is 19.1. The molecule has 2 aromatic carbocycles. The van der Waals surface area contributed by atoms with Crippen molar-refractivity contribution in [3.63, 3.8) is 0 Å². The third-order valence-corrected chi connectivity index (χ3v) is 6.21. The van der Waals surface area contributed by atoms with Crippen molar-refractivity contribution >= 4 is 16.9 Å². The van der Waals surface area contributed by atoms with Gasteiger partial charge in [0.2, 0.25) is 0 Å². The molecular formula is C26H27N7O3. The Bertz CT molecular complexity index is 1560. The number of hydrogen-bond acceptors (Lipinski definition) is 7. The van der Waals surface area contributed by atoms with Gasteiger partial charge in [-0.1, -0.05) is 12.1 Å². The lowest BCUT2D eigenvalue weighted by molar-refractivity contribution is 0.0601. The summed E-state index contributed by atoms with van der Waals surface area (Å²) in [7, 11) is 4.85. The Kier molecular flexibility index (Phi) is 6.01. The molecule has 5 aromatic rings. The van der Waals surface area contributed by atoms with Crippen LogP contribution in [-0.2, 0) is 24.9 Å². The summed E-state index contributed by atoms with van der Waals surface area (Å²) in [6.07, 6.45) is 1.78. The summed E-state index contributed by atoms with van der Waals surface area (Å²) in [6.45, 7) is 5.19. The molecule has 184 valence electrons. The van der Waals surface area contributed by atoms with Gasteiger partial charge in [0.25, 0.3) is 0 Å². The van der Waals surface area contributed by atoms with Gasteiger partial charge < -0.3 is 14.0 Å². The van der Waals surface area contributed by atoms with Crippen molar-refractivity contribution in [3.05, 3.63) is 65.5 Å². The second kappa shape index (κ2) is 9.29. The Labute approximate surface area is 208 Å². The van der Waals surface area contributed by atoms with Crippen LogP contribution in [-0.4, -0.2) is 54.5 Å². The second-order valence-electron chi connectivity index (χ2n) is 8.48. The Balaban J connectivity index is 1.75. The van der Waals surface area contributed by atoms with Gasteiger partial charge in [-0.15, -0.1) is 10.2 Å². The van der Waals surface area contributed by atoms with Crippen molar-refractivity contribution in [1.82, 2.24) is 34.3 Å². The molecule has 10 nitrogen and oxygen atoms in total. The molecule has 0 amide bonds. The number of carbonyl (C=O) groups excluding carboxylic acids is 1. The summed E-state index contributed by atoms with van der Waals surface area (Å²) in [6, 6.07) is 13.5. The van der Waals surface area contributed by atoms with Gasteiger partial charge in [0, 0.05) is 24.5 Å². The quantitative estimate of drug-likeness (QED) is 0.323. The van der Waals surface area contributed by atoms with E-state index in [9.17, 15) is 4.79 Å². The number of methoxy groups -OCH3 is 2. The zero-order chi connectivity index (χ0) is 25.4. The molecule has 0 aliphatic rings. The van der Waals surface area contributed by atoms with Crippen molar-refractivity contribution in [2.75, 3.05) is 14.2 Å². The maximum Gasteiger partial charge on any atom is 0.337 e. The van der Waals surface area contributed by atoms with Crippen LogP contribution in [0.15, 0.2) is 48.7 Å². The standard InChI is InChI=1S/C26H27N7O3/c1-6-33-23(11-16(2)30-33)25-29-28-24(32(25)15-17-7-9-19(35-4)10-8-17)20-12-18(26(34)36-5)13-22-21(20)14-27-31(22)3/h7-14H,6,15H2,1-5H3. The van der Waals surface area contributed by atoms with Crippen LogP contribution < -0.4 is 4.74 Å². The van der Waals surface area contributed by atoms with Crippen LogP contribution in [0.2, 0.25) is 0 Å². The van der Waals surface area contributed by atoms with Crippen molar-refractivity contribution in [2.45, 2.75) is 26.9 Å². The van der Waals surface area contributed by atoms with E-state index in [-0.39, 0.29) is 0 Å². The van der Waals surface area contributed by atoms with Crippen LogP contribution in [0, 0.1) is 6.92 Å². The van der Waals surface area contributed by atoms with Crippen LogP contribution in [0.25, 0.3) is 33.8 Å². The SMILES string of the molecule is CCn1nc(C)cc1-c1nnc(-c2cc(C(=O)OC)cc3c2cnn3C)n1Cc1ccc(OC)cc1. The van der Waals surface area contributed by atoms with Gasteiger partial charge in [0.1, 0.15) is 11.4 Å².